The average Bonchev–Trinajstić information content (AvgIpc) is 2.47. The number of thioether (sulfide) groups is 1. The number of pyridine rings is 1. The van der Waals surface area contributed by atoms with Crippen molar-refractivity contribution < 1.29 is 9.78 Å². The van der Waals surface area contributed by atoms with E-state index in [0.29, 0.717) is 17.0 Å². The maximum atomic E-state index is 11.7. The van der Waals surface area contributed by atoms with Gasteiger partial charge in [-0.05, 0) is 42.1 Å². The molecule has 0 aliphatic heterocycles. The molecule has 0 saturated carbocycles. The van der Waals surface area contributed by atoms with E-state index >= 15 is 0 Å². The molecule has 19 heavy (non-hydrogen) atoms. The average molecular weight is 270 g/mol. The van der Waals surface area contributed by atoms with Crippen molar-refractivity contribution in [3.05, 3.63) is 54.2 Å². The molecule has 2 rings (SSSR count). The van der Waals surface area contributed by atoms with Crippen LogP contribution in [-0.4, -0.2) is 11.7 Å². The van der Waals surface area contributed by atoms with Gasteiger partial charge in [-0.1, -0.05) is 0 Å². The topological polar surface area (TPSA) is 67.0 Å². The van der Waals surface area contributed by atoms with Gasteiger partial charge in [0.15, 0.2) is 6.20 Å². The molecule has 94 valence electrons. The molecule has 0 spiro atoms. The van der Waals surface area contributed by atoms with Crippen LogP contribution in [0.2, 0.25) is 0 Å². The highest BCUT2D eigenvalue weighted by Crippen LogP contribution is 2.13. The van der Waals surface area contributed by atoms with Crippen LogP contribution in [0.15, 0.2) is 53.7 Å². The van der Waals surface area contributed by atoms with E-state index < -0.39 is 0 Å². The first kappa shape index (κ1) is 13.1. The molecule has 1 heterocycles. The van der Waals surface area contributed by atoms with Crippen LogP contribution in [0.4, 0.5) is 5.69 Å². The number of carbonyl (C=O) groups is 1. The second kappa shape index (κ2) is 6.57. The minimum atomic E-state index is -0.0769. The quantitative estimate of drug-likeness (QED) is 0.865. The molecule has 0 radical (unpaired) electrons. The summed E-state index contributed by atoms with van der Waals surface area (Å²) in [5.41, 5.74) is 1.27. The third-order valence-electron chi connectivity index (χ3n) is 2.34. The van der Waals surface area contributed by atoms with Crippen molar-refractivity contribution in [2.75, 3.05) is 11.1 Å². The van der Waals surface area contributed by atoms with Crippen molar-refractivity contribution in [2.24, 2.45) is 0 Å². The first-order chi connectivity index (χ1) is 9.28. The Bertz CT molecular complexity index is 590. The Morgan fingerprint density at radius 3 is 2.68 bits per heavy atom. The third kappa shape index (κ3) is 4.12. The van der Waals surface area contributed by atoms with E-state index in [4.69, 9.17) is 5.26 Å². The Morgan fingerprint density at radius 1 is 1.26 bits per heavy atom. The summed E-state index contributed by atoms with van der Waals surface area (Å²) in [4.78, 5) is 14.8. The number of rotatable bonds is 4. The molecule has 0 bridgehead atoms. The summed E-state index contributed by atoms with van der Waals surface area (Å²) in [6.07, 6.45) is 1.82. The van der Waals surface area contributed by atoms with E-state index in [1.54, 1.807) is 24.3 Å². The van der Waals surface area contributed by atoms with Gasteiger partial charge < -0.3 is 5.32 Å². The Morgan fingerprint density at radius 2 is 2.05 bits per heavy atom. The number of hydrogen-bond acceptors (Lipinski definition) is 3. The molecule has 0 aliphatic carbocycles. The second-order valence-electron chi connectivity index (χ2n) is 3.75. The monoisotopic (exact) mass is 270 g/mol. The van der Waals surface area contributed by atoms with Gasteiger partial charge in [0, 0.05) is 17.8 Å². The first-order valence-corrected chi connectivity index (χ1v) is 6.66. The predicted octanol–water partition coefficient (Wildman–Crippen LogP) is 2.10. The zero-order chi connectivity index (χ0) is 13.5. The van der Waals surface area contributed by atoms with Crippen LogP contribution in [-0.2, 0) is 4.79 Å². The Labute approximate surface area is 115 Å². The van der Waals surface area contributed by atoms with Crippen molar-refractivity contribution in [3.63, 3.8) is 0 Å². The lowest BCUT2D eigenvalue weighted by molar-refractivity contribution is -0.426. The second-order valence-corrected chi connectivity index (χ2v) is 4.77. The van der Waals surface area contributed by atoms with Gasteiger partial charge in [-0.25, -0.2) is 4.98 Å². The molecule has 4 nitrogen and oxygen atoms in total. The summed E-state index contributed by atoms with van der Waals surface area (Å²) >= 11 is 1.44. The maximum Gasteiger partial charge on any atom is 0.238 e. The lowest BCUT2D eigenvalue weighted by Gasteiger charge is -2.03. The van der Waals surface area contributed by atoms with Gasteiger partial charge in [0.1, 0.15) is 0 Å². The van der Waals surface area contributed by atoms with Crippen LogP contribution in [0, 0.1) is 11.3 Å². The van der Waals surface area contributed by atoms with Gasteiger partial charge in [0.05, 0.1) is 17.4 Å². The van der Waals surface area contributed by atoms with Crippen molar-refractivity contribution in [2.45, 2.75) is 5.03 Å². The predicted molar refractivity (Wildman–Crippen MR) is 73.5 cm³/mol. The molecule has 1 aromatic carbocycles. The van der Waals surface area contributed by atoms with Crippen LogP contribution in [0.5, 0.6) is 0 Å². The number of nitrogens with one attached hydrogen (secondary N) is 2. The number of carbonyl (C=O) groups excluding carboxylic acids is 1. The zero-order valence-corrected chi connectivity index (χ0v) is 10.9. The van der Waals surface area contributed by atoms with E-state index in [-0.39, 0.29) is 5.91 Å². The van der Waals surface area contributed by atoms with Crippen LogP contribution < -0.4 is 10.3 Å². The van der Waals surface area contributed by atoms with Gasteiger partial charge >= 0.3 is 0 Å². The summed E-state index contributed by atoms with van der Waals surface area (Å²) < 4.78 is 0. The molecular weight excluding hydrogens is 258 g/mol. The van der Waals surface area contributed by atoms with Crippen LogP contribution >= 0.6 is 11.8 Å². The van der Waals surface area contributed by atoms with E-state index in [9.17, 15) is 4.79 Å². The fourth-order valence-corrected chi connectivity index (χ4v) is 2.12. The third-order valence-corrected chi connectivity index (χ3v) is 3.31. The Hall–Kier alpha value is -2.32. The summed E-state index contributed by atoms with van der Waals surface area (Å²) in [7, 11) is 0. The molecule has 2 aromatic rings. The molecule has 0 fully saturated rings. The number of aromatic nitrogens is 1. The van der Waals surface area contributed by atoms with Gasteiger partial charge in [-0.15, -0.1) is 0 Å². The molecule has 2 N–H and O–H groups in total. The fraction of sp³-hybridized carbons (Fsp3) is 0.0714. The Kier molecular flexibility index (Phi) is 4.54. The van der Waals surface area contributed by atoms with Crippen molar-refractivity contribution >= 4 is 23.4 Å². The number of benzene rings is 1. The van der Waals surface area contributed by atoms with Gasteiger partial charge in [-0.3, -0.25) is 4.79 Å². The summed E-state index contributed by atoms with van der Waals surface area (Å²) in [5, 5.41) is 12.4. The van der Waals surface area contributed by atoms with Crippen molar-refractivity contribution in [1.29, 1.82) is 5.26 Å². The van der Waals surface area contributed by atoms with E-state index in [1.807, 2.05) is 30.5 Å². The van der Waals surface area contributed by atoms with Gasteiger partial charge in [-0.2, -0.15) is 5.26 Å². The molecule has 5 heteroatoms. The highest BCUT2D eigenvalue weighted by molar-refractivity contribution is 7.99. The van der Waals surface area contributed by atoms with Crippen LogP contribution in [0.3, 0.4) is 0 Å². The largest absolute Gasteiger partial charge is 0.325 e. The Balaban J connectivity index is 1.86. The molecule has 0 unspecified atom stereocenters. The number of nitriles is 1. The van der Waals surface area contributed by atoms with Crippen LogP contribution in [0.25, 0.3) is 0 Å². The molecule has 1 amide bonds. The van der Waals surface area contributed by atoms with E-state index in [0.717, 1.165) is 5.03 Å². The maximum absolute atomic E-state index is 11.7. The summed E-state index contributed by atoms with van der Waals surface area (Å²) in [6, 6.07) is 14.5. The standard InChI is InChI=1S/C14H11N3OS/c15-9-11-4-6-12(7-5-11)17-13(18)10-19-14-3-1-2-8-16-14/h1-8H,10H2,(H,17,18)/p+1. The normalized spacial score (nSPS) is 9.63. The number of anilines is 1. The number of hydrogen-bond donors (Lipinski definition) is 1. The zero-order valence-electron chi connectivity index (χ0n) is 10.1. The van der Waals surface area contributed by atoms with E-state index in [2.05, 4.69) is 10.3 Å². The van der Waals surface area contributed by atoms with Crippen molar-refractivity contribution in [3.8, 4) is 6.07 Å². The molecule has 1 aromatic heterocycles. The minimum Gasteiger partial charge on any atom is -0.325 e. The number of H-pyrrole nitrogens is 1. The summed E-state index contributed by atoms with van der Waals surface area (Å²) in [5.74, 6) is 0.257. The minimum absolute atomic E-state index is 0.0769. The lowest BCUT2D eigenvalue weighted by Crippen LogP contribution is -2.15. The molecule has 0 aliphatic rings. The molecular formula is C14H12N3OS+. The van der Waals surface area contributed by atoms with Crippen LogP contribution in [0.1, 0.15) is 5.56 Å². The van der Waals surface area contributed by atoms with Gasteiger partial charge in [0.25, 0.3) is 0 Å². The highest BCUT2D eigenvalue weighted by Gasteiger charge is 2.06. The molecule has 0 saturated heterocycles. The number of nitrogens with zero attached hydrogens (tertiary/aromatic N) is 1. The SMILES string of the molecule is N#Cc1ccc(NC(=O)CSc2cccc[nH+]2)cc1. The smallest absolute Gasteiger partial charge is 0.238 e. The number of aromatic amines is 1. The van der Waals surface area contributed by atoms with Gasteiger partial charge in [0.2, 0.25) is 10.9 Å². The molecule has 0 atom stereocenters. The van der Waals surface area contributed by atoms with E-state index in [1.165, 1.54) is 11.8 Å². The summed E-state index contributed by atoms with van der Waals surface area (Å²) in [6.45, 7) is 0. The fourth-order valence-electron chi connectivity index (χ4n) is 1.44. The number of amides is 1. The first-order valence-electron chi connectivity index (χ1n) is 5.67. The lowest BCUT2D eigenvalue weighted by atomic mass is 10.2. The highest BCUT2D eigenvalue weighted by atomic mass is 32.2. The van der Waals surface area contributed by atoms with Crippen molar-refractivity contribution in [1.82, 2.24) is 0 Å².